The quantitative estimate of drug-likeness (QED) is 0.799. The molecular weight excluding hydrogens is 238 g/mol. The molecule has 0 aromatic heterocycles. The van der Waals surface area contributed by atoms with E-state index in [4.69, 9.17) is 5.73 Å². The maximum atomic E-state index is 12.4. The lowest BCUT2D eigenvalue weighted by Crippen LogP contribution is -2.58. The Bertz CT molecular complexity index is 317. The molecule has 1 amide bonds. The van der Waals surface area contributed by atoms with Gasteiger partial charge in [-0.15, -0.1) is 0 Å². The SMILES string of the molecule is NCC1CCC(C(=O)NC2CN3CCC2CC3)CC1. The van der Waals surface area contributed by atoms with E-state index in [1.807, 2.05) is 0 Å². The molecule has 0 aromatic carbocycles. The van der Waals surface area contributed by atoms with Crippen molar-refractivity contribution < 1.29 is 4.79 Å². The van der Waals surface area contributed by atoms with Crippen LogP contribution in [0.25, 0.3) is 0 Å². The highest BCUT2D eigenvalue weighted by molar-refractivity contribution is 5.79. The molecule has 3 aliphatic heterocycles. The summed E-state index contributed by atoms with van der Waals surface area (Å²) >= 11 is 0. The van der Waals surface area contributed by atoms with Gasteiger partial charge in [0.15, 0.2) is 0 Å². The van der Waals surface area contributed by atoms with E-state index < -0.39 is 0 Å². The molecule has 1 atom stereocenters. The zero-order valence-corrected chi connectivity index (χ0v) is 11.8. The van der Waals surface area contributed by atoms with Gasteiger partial charge < -0.3 is 16.0 Å². The summed E-state index contributed by atoms with van der Waals surface area (Å²) in [4.78, 5) is 14.9. The summed E-state index contributed by atoms with van der Waals surface area (Å²) in [5.41, 5.74) is 5.71. The summed E-state index contributed by atoms with van der Waals surface area (Å²) in [6.07, 6.45) is 6.88. The van der Waals surface area contributed by atoms with Gasteiger partial charge in [-0.1, -0.05) is 0 Å². The molecule has 4 nitrogen and oxygen atoms in total. The molecule has 0 spiro atoms. The summed E-state index contributed by atoms with van der Waals surface area (Å²) in [5.74, 6) is 1.95. The summed E-state index contributed by atoms with van der Waals surface area (Å²) < 4.78 is 0. The summed E-state index contributed by atoms with van der Waals surface area (Å²) in [5, 5.41) is 3.34. The van der Waals surface area contributed by atoms with Crippen molar-refractivity contribution >= 4 is 5.91 Å². The van der Waals surface area contributed by atoms with Crippen LogP contribution in [-0.2, 0) is 4.79 Å². The number of rotatable bonds is 3. The fourth-order valence-electron chi connectivity index (χ4n) is 4.09. The first kappa shape index (κ1) is 13.4. The van der Waals surface area contributed by atoms with Crippen molar-refractivity contribution in [3.63, 3.8) is 0 Å². The molecule has 4 heteroatoms. The minimum Gasteiger partial charge on any atom is -0.352 e. The number of nitrogens with one attached hydrogen (secondary N) is 1. The van der Waals surface area contributed by atoms with Crippen LogP contribution in [0.1, 0.15) is 38.5 Å². The first-order chi connectivity index (χ1) is 9.26. The Morgan fingerprint density at radius 3 is 2.32 bits per heavy atom. The number of carbonyl (C=O) groups excluding carboxylic acids is 1. The topological polar surface area (TPSA) is 58.4 Å². The van der Waals surface area contributed by atoms with Crippen LogP contribution < -0.4 is 11.1 Å². The van der Waals surface area contributed by atoms with Gasteiger partial charge in [0.2, 0.25) is 5.91 Å². The van der Waals surface area contributed by atoms with Gasteiger partial charge in [-0.2, -0.15) is 0 Å². The van der Waals surface area contributed by atoms with E-state index in [-0.39, 0.29) is 5.92 Å². The van der Waals surface area contributed by atoms with Crippen molar-refractivity contribution in [1.82, 2.24) is 10.2 Å². The third kappa shape index (κ3) is 2.95. The van der Waals surface area contributed by atoms with Gasteiger partial charge in [0, 0.05) is 18.5 Å². The fraction of sp³-hybridized carbons (Fsp3) is 0.933. The molecule has 4 aliphatic rings. The minimum atomic E-state index is 0.248. The van der Waals surface area contributed by atoms with Crippen molar-refractivity contribution in [2.45, 2.75) is 44.6 Å². The molecule has 3 saturated heterocycles. The highest BCUT2D eigenvalue weighted by Gasteiger charge is 2.36. The van der Waals surface area contributed by atoms with Crippen molar-refractivity contribution in [3.05, 3.63) is 0 Å². The molecule has 0 radical (unpaired) electrons. The van der Waals surface area contributed by atoms with Gasteiger partial charge in [0.1, 0.15) is 0 Å². The third-order valence-corrected chi connectivity index (χ3v) is 5.53. The summed E-state index contributed by atoms with van der Waals surface area (Å²) in [7, 11) is 0. The van der Waals surface area contributed by atoms with Crippen LogP contribution in [0.5, 0.6) is 0 Å². The molecule has 19 heavy (non-hydrogen) atoms. The first-order valence-electron chi connectivity index (χ1n) is 7.99. The Balaban J connectivity index is 1.49. The molecule has 108 valence electrons. The maximum Gasteiger partial charge on any atom is 0.223 e. The van der Waals surface area contributed by atoms with Gasteiger partial charge in [-0.3, -0.25) is 4.79 Å². The Kier molecular flexibility index (Phi) is 4.08. The zero-order chi connectivity index (χ0) is 13.2. The standard InChI is InChI=1S/C15H27N3O/c16-9-11-1-3-13(4-2-11)15(19)17-14-10-18-7-5-12(14)6-8-18/h11-14H,1-10,16H2,(H,17,19). The lowest BCUT2D eigenvalue weighted by Gasteiger charge is -2.45. The van der Waals surface area contributed by atoms with E-state index in [0.29, 0.717) is 17.9 Å². The normalized spacial score (nSPS) is 42.1. The molecule has 2 bridgehead atoms. The van der Waals surface area contributed by atoms with Crippen LogP contribution in [-0.4, -0.2) is 43.0 Å². The number of carbonyl (C=O) groups is 1. The number of hydrogen-bond donors (Lipinski definition) is 2. The van der Waals surface area contributed by atoms with Crippen LogP contribution in [0.2, 0.25) is 0 Å². The second kappa shape index (κ2) is 5.80. The Labute approximate surface area is 116 Å². The highest BCUT2D eigenvalue weighted by atomic mass is 16.2. The Hall–Kier alpha value is -0.610. The molecule has 4 rings (SSSR count). The highest BCUT2D eigenvalue weighted by Crippen LogP contribution is 2.30. The van der Waals surface area contributed by atoms with Gasteiger partial charge in [0.05, 0.1) is 0 Å². The predicted octanol–water partition coefficient (Wildman–Crippen LogP) is 0.962. The lowest BCUT2D eigenvalue weighted by atomic mass is 9.80. The molecular formula is C15H27N3O. The second-order valence-electron chi connectivity index (χ2n) is 6.71. The van der Waals surface area contributed by atoms with Crippen LogP contribution in [0.3, 0.4) is 0 Å². The van der Waals surface area contributed by atoms with Crippen LogP contribution >= 0.6 is 0 Å². The van der Waals surface area contributed by atoms with Gasteiger partial charge in [0.25, 0.3) is 0 Å². The molecule has 1 unspecified atom stereocenters. The van der Waals surface area contributed by atoms with E-state index in [1.165, 1.54) is 25.9 Å². The van der Waals surface area contributed by atoms with Crippen LogP contribution in [0.4, 0.5) is 0 Å². The third-order valence-electron chi connectivity index (χ3n) is 5.53. The Morgan fingerprint density at radius 1 is 1.11 bits per heavy atom. The monoisotopic (exact) mass is 265 g/mol. The van der Waals surface area contributed by atoms with Crippen molar-refractivity contribution in [2.24, 2.45) is 23.5 Å². The van der Waals surface area contributed by atoms with Crippen molar-refractivity contribution in [3.8, 4) is 0 Å². The molecule has 3 heterocycles. The number of fused-ring (bicyclic) bond motifs is 3. The average Bonchev–Trinajstić information content (AvgIpc) is 2.48. The molecule has 3 N–H and O–H groups in total. The van der Waals surface area contributed by atoms with Gasteiger partial charge in [-0.25, -0.2) is 0 Å². The Morgan fingerprint density at radius 2 is 1.79 bits per heavy atom. The van der Waals surface area contributed by atoms with Gasteiger partial charge >= 0.3 is 0 Å². The van der Waals surface area contributed by atoms with Crippen molar-refractivity contribution in [2.75, 3.05) is 26.2 Å². The van der Waals surface area contributed by atoms with Crippen LogP contribution in [0.15, 0.2) is 0 Å². The maximum absolute atomic E-state index is 12.4. The predicted molar refractivity (Wildman–Crippen MR) is 75.6 cm³/mol. The van der Waals surface area contributed by atoms with E-state index in [9.17, 15) is 4.79 Å². The van der Waals surface area contributed by atoms with Gasteiger partial charge in [-0.05, 0) is 70.0 Å². The molecule has 0 aromatic rings. The average molecular weight is 265 g/mol. The largest absolute Gasteiger partial charge is 0.352 e. The smallest absolute Gasteiger partial charge is 0.223 e. The summed E-state index contributed by atoms with van der Waals surface area (Å²) in [6.45, 7) is 4.33. The zero-order valence-electron chi connectivity index (χ0n) is 11.8. The fourth-order valence-corrected chi connectivity index (χ4v) is 4.09. The van der Waals surface area contributed by atoms with E-state index in [1.54, 1.807) is 0 Å². The number of nitrogens with two attached hydrogens (primary N) is 1. The molecule has 4 fully saturated rings. The minimum absolute atomic E-state index is 0.248. The van der Waals surface area contributed by atoms with Crippen LogP contribution in [0, 0.1) is 17.8 Å². The number of hydrogen-bond acceptors (Lipinski definition) is 3. The summed E-state index contributed by atoms with van der Waals surface area (Å²) in [6, 6.07) is 0.419. The van der Waals surface area contributed by atoms with Crippen molar-refractivity contribution in [1.29, 1.82) is 0 Å². The number of amides is 1. The molecule has 1 saturated carbocycles. The van der Waals surface area contributed by atoms with E-state index >= 15 is 0 Å². The molecule has 1 aliphatic carbocycles. The number of nitrogens with zero attached hydrogens (tertiary/aromatic N) is 1. The number of piperidine rings is 3. The first-order valence-corrected chi connectivity index (χ1v) is 7.99. The second-order valence-corrected chi connectivity index (χ2v) is 6.71. The van der Waals surface area contributed by atoms with E-state index in [2.05, 4.69) is 10.2 Å². The lowest BCUT2D eigenvalue weighted by molar-refractivity contribution is -0.128. The van der Waals surface area contributed by atoms with E-state index in [0.717, 1.165) is 44.7 Å².